The van der Waals surface area contributed by atoms with Crippen molar-refractivity contribution in [2.24, 2.45) is 0 Å². The van der Waals surface area contributed by atoms with Crippen molar-refractivity contribution in [1.29, 1.82) is 0 Å². The molecule has 1 aromatic rings. The number of nitrogens with one attached hydrogen (secondary N) is 1. The van der Waals surface area contributed by atoms with Crippen LogP contribution in [0.4, 0.5) is 0 Å². The van der Waals surface area contributed by atoms with E-state index >= 15 is 0 Å². The predicted octanol–water partition coefficient (Wildman–Crippen LogP) is 2.43. The van der Waals surface area contributed by atoms with Gasteiger partial charge in [0, 0.05) is 25.2 Å². The van der Waals surface area contributed by atoms with Gasteiger partial charge in [0.25, 0.3) is 5.91 Å². The molecule has 0 radical (unpaired) electrons. The highest BCUT2D eigenvalue weighted by molar-refractivity contribution is 9.10. The zero-order valence-corrected chi connectivity index (χ0v) is 13.7. The molecule has 0 spiro atoms. The molecule has 20 heavy (non-hydrogen) atoms. The monoisotopic (exact) mass is 340 g/mol. The molecule has 1 saturated heterocycles. The second-order valence-electron chi connectivity index (χ2n) is 5.40. The molecule has 1 fully saturated rings. The number of hydrogen-bond acceptors (Lipinski definition) is 3. The normalized spacial score (nSPS) is 24.3. The van der Waals surface area contributed by atoms with Crippen molar-refractivity contribution in [1.82, 2.24) is 10.2 Å². The van der Waals surface area contributed by atoms with Crippen LogP contribution in [0, 0.1) is 0 Å². The Kier molecular flexibility index (Phi) is 5.05. The van der Waals surface area contributed by atoms with E-state index in [-0.39, 0.29) is 5.91 Å². The third-order valence-electron chi connectivity index (χ3n) is 3.36. The fourth-order valence-electron chi connectivity index (χ4n) is 2.55. The average molecular weight is 341 g/mol. The van der Waals surface area contributed by atoms with Crippen LogP contribution in [0.2, 0.25) is 0 Å². The number of nitrogens with zero attached hydrogens (tertiary/aromatic N) is 1. The molecule has 5 heteroatoms. The zero-order chi connectivity index (χ0) is 14.7. The number of para-hydroxylation sites is 1. The van der Waals surface area contributed by atoms with E-state index in [2.05, 4.69) is 35.1 Å². The maximum atomic E-state index is 12.5. The third kappa shape index (κ3) is 3.73. The quantitative estimate of drug-likeness (QED) is 0.918. The summed E-state index contributed by atoms with van der Waals surface area (Å²) in [7, 11) is 0. The van der Waals surface area contributed by atoms with Gasteiger partial charge in [-0.1, -0.05) is 12.1 Å². The second kappa shape index (κ2) is 6.59. The number of amides is 1. The summed E-state index contributed by atoms with van der Waals surface area (Å²) in [5, 5.41) is 3.42. The van der Waals surface area contributed by atoms with Crippen molar-refractivity contribution in [3.63, 3.8) is 0 Å². The summed E-state index contributed by atoms with van der Waals surface area (Å²) in [6, 6.07) is 8.21. The molecule has 110 valence electrons. The molecule has 3 unspecified atom stereocenters. The van der Waals surface area contributed by atoms with Crippen LogP contribution in [0.15, 0.2) is 28.7 Å². The Labute approximate surface area is 128 Å². The molecular formula is C15H21BrN2O2. The molecule has 1 aliphatic rings. The third-order valence-corrected chi connectivity index (χ3v) is 4.01. The number of rotatable bonds is 3. The van der Waals surface area contributed by atoms with Crippen LogP contribution >= 0.6 is 15.9 Å². The Morgan fingerprint density at radius 2 is 1.95 bits per heavy atom. The molecule has 0 bridgehead atoms. The Morgan fingerprint density at radius 1 is 1.35 bits per heavy atom. The molecule has 1 aromatic carbocycles. The van der Waals surface area contributed by atoms with E-state index in [1.807, 2.05) is 29.2 Å². The van der Waals surface area contributed by atoms with Crippen LogP contribution in [-0.4, -0.2) is 42.1 Å². The molecule has 2 rings (SSSR count). The van der Waals surface area contributed by atoms with E-state index in [1.165, 1.54) is 0 Å². The highest BCUT2D eigenvalue weighted by atomic mass is 79.9. The standard InChI is InChI=1S/C15H21BrN2O2/c1-10-8-18(9-11(2)17-10)15(19)12(3)20-14-7-5-4-6-13(14)16/h4-7,10-12,17H,8-9H2,1-3H3. The van der Waals surface area contributed by atoms with Crippen molar-refractivity contribution < 1.29 is 9.53 Å². The van der Waals surface area contributed by atoms with Gasteiger partial charge in [0.15, 0.2) is 6.10 Å². The summed E-state index contributed by atoms with van der Waals surface area (Å²) in [6.45, 7) is 7.45. The lowest BCUT2D eigenvalue weighted by molar-refractivity contribution is -0.139. The SMILES string of the molecule is CC1CN(C(=O)C(C)Oc2ccccc2Br)CC(C)N1. The van der Waals surface area contributed by atoms with Crippen LogP contribution in [0.25, 0.3) is 0 Å². The summed E-state index contributed by atoms with van der Waals surface area (Å²) < 4.78 is 6.63. The molecule has 0 saturated carbocycles. The largest absolute Gasteiger partial charge is 0.480 e. The van der Waals surface area contributed by atoms with Crippen LogP contribution < -0.4 is 10.1 Å². The highest BCUT2D eigenvalue weighted by Gasteiger charge is 2.28. The first-order valence-corrected chi connectivity index (χ1v) is 7.72. The molecule has 3 atom stereocenters. The zero-order valence-electron chi connectivity index (χ0n) is 12.1. The first-order chi connectivity index (χ1) is 9.47. The Bertz CT molecular complexity index is 471. The van der Waals surface area contributed by atoms with E-state index in [0.717, 1.165) is 17.6 Å². The van der Waals surface area contributed by atoms with Gasteiger partial charge in [-0.15, -0.1) is 0 Å². The maximum absolute atomic E-state index is 12.5. The lowest BCUT2D eigenvalue weighted by Crippen LogP contribution is -2.57. The summed E-state index contributed by atoms with van der Waals surface area (Å²) in [6.07, 6.45) is -0.480. The lowest BCUT2D eigenvalue weighted by Gasteiger charge is -2.37. The van der Waals surface area contributed by atoms with E-state index in [0.29, 0.717) is 17.8 Å². The van der Waals surface area contributed by atoms with Gasteiger partial charge in [-0.05, 0) is 48.8 Å². The highest BCUT2D eigenvalue weighted by Crippen LogP contribution is 2.25. The number of halogens is 1. The van der Waals surface area contributed by atoms with Gasteiger partial charge in [-0.25, -0.2) is 0 Å². The molecular weight excluding hydrogens is 320 g/mol. The van der Waals surface area contributed by atoms with Crippen molar-refractivity contribution >= 4 is 21.8 Å². The lowest BCUT2D eigenvalue weighted by atomic mass is 10.1. The van der Waals surface area contributed by atoms with Crippen LogP contribution in [0.3, 0.4) is 0 Å². The van der Waals surface area contributed by atoms with E-state index < -0.39 is 6.10 Å². The molecule has 0 aromatic heterocycles. The number of carbonyl (C=O) groups excluding carboxylic acids is 1. The number of piperazine rings is 1. The minimum Gasteiger partial charge on any atom is -0.480 e. The first-order valence-electron chi connectivity index (χ1n) is 6.93. The molecule has 4 nitrogen and oxygen atoms in total. The smallest absolute Gasteiger partial charge is 0.263 e. The Hall–Kier alpha value is -1.07. The Morgan fingerprint density at radius 3 is 2.55 bits per heavy atom. The van der Waals surface area contributed by atoms with E-state index in [9.17, 15) is 4.79 Å². The van der Waals surface area contributed by atoms with Crippen LogP contribution in [0.5, 0.6) is 5.75 Å². The number of hydrogen-bond donors (Lipinski definition) is 1. The topological polar surface area (TPSA) is 41.6 Å². The number of carbonyl (C=O) groups is 1. The minimum absolute atomic E-state index is 0.0425. The first kappa shape index (κ1) is 15.3. The number of benzene rings is 1. The molecule has 1 amide bonds. The minimum atomic E-state index is -0.480. The van der Waals surface area contributed by atoms with Gasteiger partial charge in [0.2, 0.25) is 0 Å². The van der Waals surface area contributed by atoms with Crippen LogP contribution in [0.1, 0.15) is 20.8 Å². The summed E-state index contributed by atoms with van der Waals surface area (Å²) in [5.74, 6) is 0.741. The fraction of sp³-hybridized carbons (Fsp3) is 0.533. The molecule has 0 aliphatic carbocycles. The van der Waals surface area contributed by atoms with E-state index in [4.69, 9.17) is 4.74 Å². The summed E-state index contributed by atoms with van der Waals surface area (Å²) in [4.78, 5) is 14.3. The predicted molar refractivity (Wildman–Crippen MR) is 82.9 cm³/mol. The Balaban J connectivity index is 2.00. The van der Waals surface area contributed by atoms with Gasteiger partial charge in [-0.3, -0.25) is 4.79 Å². The van der Waals surface area contributed by atoms with Gasteiger partial charge in [0.1, 0.15) is 5.75 Å². The average Bonchev–Trinajstić information content (AvgIpc) is 2.39. The van der Waals surface area contributed by atoms with Crippen molar-refractivity contribution in [3.8, 4) is 5.75 Å². The van der Waals surface area contributed by atoms with Crippen molar-refractivity contribution in [2.45, 2.75) is 39.0 Å². The fourth-order valence-corrected chi connectivity index (χ4v) is 2.92. The van der Waals surface area contributed by atoms with Gasteiger partial charge in [-0.2, -0.15) is 0 Å². The molecule has 1 N–H and O–H groups in total. The van der Waals surface area contributed by atoms with Gasteiger partial charge in [0.05, 0.1) is 4.47 Å². The second-order valence-corrected chi connectivity index (χ2v) is 6.26. The van der Waals surface area contributed by atoms with Gasteiger partial charge < -0.3 is 15.0 Å². The molecule has 1 heterocycles. The van der Waals surface area contributed by atoms with Crippen LogP contribution in [-0.2, 0) is 4.79 Å². The van der Waals surface area contributed by atoms with Gasteiger partial charge >= 0.3 is 0 Å². The summed E-state index contributed by atoms with van der Waals surface area (Å²) >= 11 is 3.43. The maximum Gasteiger partial charge on any atom is 0.263 e. The summed E-state index contributed by atoms with van der Waals surface area (Å²) in [5.41, 5.74) is 0. The van der Waals surface area contributed by atoms with E-state index in [1.54, 1.807) is 6.92 Å². The number of ether oxygens (including phenoxy) is 1. The molecule has 1 aliphatic heterocycles. The van der Waals surface area contributed by atoms with Crippen molar-refractivity contribution in [3.05, 3.63) is 28.7 Å². The van der Waals surface area contributed by atoms with Crippen molar-refractivity contribution in [2.75, 3.05) is 13.1 Å².